The van der Waals surface area contributed by atoms with Gasteiger partial charge < -0.3 is 15.4 Å². The Kier molecular flexibility index (Phi) is 11.1. The van der Waals surface area contributed by atoms with Gasteiger partial charge in [-0.05, 0) is 30.4 Å². The first-order valence-electron chi connectivity index (χ1n) is 7.17. The van der Waals surface area contributed by atoms with Gasteiger partial charge in [0.15, 0.2) is 5.96 Å². The Balaban J connectivity index is 0.00000484. The third kappa shape index (κ3) is 7.43. The van der Waals surface area contributed by atoms with Gasteiger partial charge in [-0.25, -0.2) is 0 Å². The molecule has 0 saturated carbocycles. The smallest absolute Gasteiger partial charge is 0.310 e. The van der Waals surface area contributed by atoms with Gasteiger partial charge in [0.1, 0.15) is 0 Å². The van der Waals surface area contributed by atoms with E-state index in [-0.39, 0.29) is 35.9 Å². The molecule has 0 spiro atoms. The summed E-state index contributed by atoms with van der Waals surface area (Å²) in [7, 11) is 3.11. The molecule has 0 radical (unpaired) electrons. The summed E-state index contributed by atoms with van der Waals surface area (Å²) < 4.78 is 4.71. The highest BCUT2D eigenvalue weighted by Crippen LogP contribution is 2.21. The number of guanidine groups is 1. The van der Waals surface area contributed by atoms with E-state index >= 15 is 0 Å². The van der Waals surface area contributed by atoms with Gasteiger partial charge >= 0.3 is 5.97 Å². The number of nitrogens with zero attached hydrogens (tertiary/aromatic N) is 1. The van der Waals surface area contributed by atoms with Gasteiger partial charge in [0.25, 0.3) is 0 Å². The summed E-state index contributed by atoms with van der Waals surface area (Å²) in [5, 5.41) is 6.40. The summed E-state index contributed by atoms with van der Waals surface area (Å²) in [5.41, 5.74) is 2.48. The van der Waals surface area contributed by atoms with E-state index in [1.54, 1.807) is 18.8 Å². The zero-order valence-electron chi connectivity index (χ0n) is 14.3. The van der Waals surface area contributed by atoms with E-state index in [1.165, 1.54) is 23.1 Å². The van der Waals surface area contributed by atoms with Gasteiger partial charge in [-0.3, -0.25) is 9.79 Å². The van der Waals surface area contributed by atoms with Crippen molar-refractivity contribution < 1.29 is 9.53 Å². The summed E-state index contributed by atoms with van der Waals surface area (Å²) in [6, 6.07) is 6.40. The first-order chi connectivity index (χ1) is 10.5. The van der Waals surface area contributed by atoms with Crippen LogP contribution >= 0.6 is 35.7 Å². The number of nitrogens with one attached hydrogen (secondary N) is 2. The van der Waals surface area contributed by atoms with Crippen molar-refractivity contribution >= 4 is 47.7 Å². The third-order valence-corrected chi connectivity index (χ3v) is 4.11. The predicted octanol–water partition coefficient (Wildman–Crippen LogP) is 2.81. The minimum absolute atomic E-state index is 0. The molecule has 0 aliphatic heterocycles. The molecule has 1 aromatic carbocycles. The Morgan fingerprint density at radius 3 is 2.65 bits per heavy atom. The molecule has 5 nitrogen and oxygen atoms in total. The van der Waals surface area contributed by atoms with Crippen LogP contribution in [0, 0.1) is 12.8 Å². The lowest BCUT2D eigenvalue weighted by Crippen LogP contribution is -2.40. The van der Waals surface area contributed by atoms with E-state index in [4.69, 9.17) is 4.74 Å². The molecule has 0 aromatic heterocycles. The first-order valence-corrected chi connectivity index (χ1v) is 8.40. The van der Waals surface area contributed by atoms with Gasteiger partial charge in [0.05, 0.1) is 13.0 Å². The fourth-order valence-corrected chi connectivity index (χ4v) is 2.64. The van der Waals surface area contributed by atoms with Crippen LogP contribution in [0.1, 0.15) is 18.1 Å². The Morgan fingerprint density at radius 2 is 2.09 bits per heavy atom. The zero-order valence-corrected chi connectivity index (χ0v) is 17.5. The van der Waals surface area contributed by atoms with Gasteiger partial charge in [-0.2, -0.15) is 0 Å². The Morgan fingerprint density at radius 1 is 1.39 bits per heavy atom. The lowest BCUT2D eigenvalue weighted by molar-refractivity contribution is -0.144. The van der Waals surface area contributed by atoms with Crippen molar-refractivity contribution in [3.05, 3.63) is 29.3 Å². The van der Waals surface area contributed by atoms with E-state index < -0.39 is 0 Å². The molecular formula is C16H26IN3O2S. The molecule has 0 bridgehead atoms. The molecule has 23 heavy (non-hydrogen) atoms. The number of hydrogen-bond donors (Lipinski definition) is 2. The molecule has 0 aliphatic rings. The molecule has 1 unspecified atom stereocenters. The Bertz CT molecular complexity index is 538. The molecular weight excluding hydrogens is 425 g/mol. The minimum Gasteiger partial charge on any atom is -0.469 e. The second-order valence-corrected chi connectivity index (χ2v) is 5.89. The van der Waals surface area contributed by atoms with E-state index in [2.05, 4.69) is 47.0 Å². The molecule has 0 heterocycles. The summed E-state index contributed by atoms with van der Waals surface area (Å²) in [6.07, 6.45) is 2.07. The van der Waals surface area contributed by atoms with Crippen molar-refractivity contribution in [3.8, 4) is 0 Å². The number of halogens is 1. The van der Waals surface area contributed by atoms with Crippen LogP contribution in [-0.4, -0.2) is 38.9 Å². The maximum absolute atomic E-state index is 11.4. The summed E-state index contributed by atoms with van der Waals surface area (Å²) in [6.45, 7) is 5.07. The third-order valence-electron chi connectivity index (χ3n) is 3.29. The van der Waals surface area contributed by atoms with Crippen LogP contribution in [0.3, 0.4) is 0 Å². The average molecular weight is 451 g/mol. The van der Waals surface area contributed by atoms with Gasteiger partial charge in [0, 0.05) is 25.0 Å². The largest absolute Gasteiger partial charge is 0.469 e. The van der Waals surface area contributed by atoms with Crippen molar-refractivity contribution in [2.45, 2.75) is 25.3 Å². The highest BCUT2D eigenvalue weighted by molar-refractivity contribution is 14.0. The van der Waals surface area contributed by atoms with E-state index in [9.17, 15) is 4.79 Å². The lowest BCUT2D eigenvalue weighted by Gasteiger charge is -2.16. The number of aliphatic imine (C=N–C) groups is 1. The molecule has 130 valence electrons. The number of thioether (sulfide) groups is 1. The van der Waals surface area contributed by atoms with E-state index in [0.717, 1.165) is 0 Å². The summed E-state index contributed by atoms with van der Waals surface area (Å²) >= 11 is 1.73. The van der Waals surface area contributed by atoms with Crippen LogP contribution < -0.4 is 10.6 Å². The highest BCUT2D eigenvalue weighted by atomic mass is 127. The van der Waals surface area contributed by atoms with Crippen molar-refractivity contribution in [2.75, 3.05) is 27.0 Å². The van der Waals surface area contributed by atoms with Crippen molar-refractivity contribution in [3.63, 3.8) is 0 Å². The fourth-order valence-electron chi connectivity index (χ4n) is 1.93. The first kappa shape index (κ1) is 22.0. The van der Waals surface area contributed by atoms with Gasteiger partial charge in [-0.1, -0.05) is 19.1 Å². The molecule has 1 aromatic rings. The maximum Gasteiger partial charge on any atom is 0.310 e. The minimum atomic E-state index is -0.230. The average Bonchev–Trinajstić information content (AvgIpc) is 2.54. The molecule has 0 amide bonds. The SMILES string of the molecule is CN=C(NCc1ccc(C)cc1SC)NCC(C)C(=O)OC.I. The van der Waals surface area contributed by atoms with Crippen LogP contribution in [0.25, 0.3) is 0 Å². The van der Waals surface area contributed by atoms with Crippen LogP contribution in [0.2, 0.25) is 0 Å². The molecule has 2 N–H and O–H groups in total. The van der Waals surface area contributed by atoms with Crippen LogP contribution in [0.15, 0.2) is 28.1 Å². The quantitative estimate of drug-likeness (QED) is 0.229. The molecule has 1 rings (SSSR count). The predicted molar refractivity (Wildman–Crippen MR) is 108 cm³/mol. The number of esters is 1. The number of ether oxygens (including phenoxy) is 1. The number of benzene rings is 1. The summed E-state index contributed by atoms with van der Waals surface area (Å²) in [5.74, 6) is 0.222. The van der Waals surface area contributed by atoms with Gasteiger partial charge in [-0.15, -0.1) is 35.7 Å². The standard InChI is InChI=1S/C16H25N3O2S.HI/c1-11-6-7-13(14(8-11)22-5)10-19-16(17-3)18-9-12(2)15(20)21-4;/h6-8,12H,9-10H2,1-5H3,(H2,17,18,19);1H. The molecule has 7 heteroatoms. The lowest BCUT2D eigenvalue weighted by atomic mass is 10.1. The number of carbonyl (C=O) groups excluding carboxylic acids is 1. The van der Waals surface area contributed by atoms with Crippen LogP contribution in [0.4, 0.5) is 0 Å². The monoisotopic (exact) mass is 451 g/mol. The topological polar surface area (TPSA) is 62.7 Å². The number of aryl methyl sites for hydroxylation is 1. The second-order valence-electron chi connectivity index (χ2n) is 5.05. The fraction of sp³-hybridized carbons (Fsp3) is 0.500. The number of methoxy groups -OCH3 is 1. The second kappa shape index (κ2) is 11.6. The van der Waals surface area contributed by atoms with Gasteiger partial charge in [0.2, 0.25) is 0 Å². The normalized spacial score (nSPS) is 12.1. The number of hydrogen-bond acceptors (Lipinski definition) is 4. The van der Waals surface area contributed by atoms with Crippen molar-refractivity contribution in [1.82, 2.24) is 10.6 Å². The number of carbonyl (C=O) groups is 1. The molecule has 0 aliphatic carbocycles. The highest BCUT2D eigenvalue weighted by Gasteiger charge is 2.13. The van der Waals surface area contributed by atoms with E-state index in [0.29, 0.717) is 19.0 Å². The number of rotatable bonds is 6. The Hall–Kier alpha value is -0.960. The zero-order chi connectivity index (χ0) is 16.5. The maximum atomic E-state index is 11.4. The molecule has 0 saturated heterocycles. The van der Waals surface area contributed by atoms with Crippen LogP contribution in [-0.2, 0) is 16.1 Å². The van der Waals surface area contributed by atoms with Crippen LogP contribution in [0.5, 0.6) is 0 Å². The molecule has 1 atom stereocenters. The van der Waals surface area contributed by atoms with E-state index in [1.807, 2.05) is 6.92 Å². The van der Waals surface area contributed by atoms with Crippen molar-refractivity contribution in [2.24, 2.45) is 10.9 Å². The Labute approximate surface area is 160 Å². The summed E-state index contributed by atoms with van der Waals surface area (Å²) in [4.78, 5) is 16.8. The van der Waals surface area contributed by atoms with Crippen molar-refractivity contribution in [1.29, 1.82) is 0 Å². The molecule has 0 fully saturated rings.